The summed E-state index contributed by atoms with van der Waals surface area (Å²) in [6.45, 7) is 4.55. The van der Waals surface area contributed by atoms with Crippen LogP contribution in [-0.2, 0) is 25.7 Å². The van der Waals surface area contributed by atoms with E-state index < -0.39 is 36.1 Å². The number of ether oxygens (including phenoxy) is 2. The fourth-order valence-corrected chi connectivity index (χ4v) is 1.70. The smallest absolute Gasteiger partial charge is 0.324 e. The third kappa shape index (κ3) is 5.83. The predicted molar refractivity (Wildman–Crippen MR) is 80.6 cm³/mol. The standard InChI is InChI=1S/C16H23NO5/c1-16(2,3)22-14(19)12(9-18)13(17)15(20)21-10-11-7-5-4-6-8-11/h4-8,12-13,18H,9-10,17H2,1-3H3. The largest absolute Gasteiger partial charge is 0.460 e. The number of benzene rings is 1. The molecule has 0 amide bonds. The van der Waals surface area contributed by atoms with Gasteiger partial charge in [-0.3, -0.25) is 9.59 Å². The van der Waals surface area contributed by atoms with Gasteiger partial charge in [0.1, 0.15) is 24.2 Å². The number of esters is 2. The molecule has 22 heavy (non-hydrogen) atoms. The summed E-state index contributed by atoms with van der Waals surface area (Å²) in [5.41, 5.74) is 5.80. The third-order valence-corrected chi connectivity index (χ3v) is 2.84. The number of nitrogens with two attached hydrogens (primary N) is 1. The Morgan fingerprint density at radius 2 is 1.77 bits per heavy atom. The maximum Gasteiger partial charge on any atom is 0.324 e. The molecule has 2 unspecified atom stereocenters. The van der Waals surface area contributed by atoms with E-state index in [4.69, 9.17) is 15.2 Å². The lowest BCUT2D eigenvalue weighted by atomic mass is 10.0. The van der Waals surface area contributed by atoms with Gasteiger partial charge in [-0.2, -0.15) is 0 Å². The Kier molecular flexibility index (Phi) is 6.52. The summed E-state index contributed by atoms with van der Waals surface area (Å²) >= 11 is 0. The van der Waals surface area contributed by atoms with Crippen molar-refractivity contribution in [2.45, 2.75) is 39.0 Å². The van der Waals surface area contributed by atoms with Crippen LogP contribution in [0.3, 0.4) is 0 Å². The van der Waals surface area contributed by atoms with Crippen LogP contribution >= 0.6 is 0 Å². The average Bonchev–Trinajstić information content (AvgIpc) is 2.44. The van der Waals surface area contributed by atoms with Gasteiger partial charge >= 0.3 is 11.9 Å². The number of aliphatic hydroxyl groups excluding tert-OH is 1. The molecule has 2 atom stereocenters. The first-order valence-corrected chi connectivity index (χ1v) is 7.04. The van der Waals surface area contributed by atoms with Crippen LogP contribution in [0.5, 0.6) is 0 Å². The van der Waals surface area contributed by atoms with Crippen LogP contribution in [0.1, 0.15) is 26.3 Å². The summed E-state index contributed by atoms with van der Waals surface area (Å²) in [4.78, 5) is 23.9. The zero-order valence-electron chi connectivity index (χ0n) is 13.1. The maximum atomic E-state index is 11.9. The molecule has 0 bridgehead atoms. The lowest BCUT2D eigenvalue weighted by Crippen LogP contribution is -2.46. The molecule has 0 fully saturated rings. The Hall–Kier alpha value is -1.92. The van der Waals surface area contributed by atoms with Crippen LogP contribution in [0.25, 0.3) is 0 Å². The van der Waals surface area contributed by atoms with Crippen molar-refractivity contribution < 1.29 is 24.2 Å². The molecular formula is C16H23NO5. The van der Waals surface area contributed by atoms with Crippen LogP contribution in [0.2, 0.25) is 0 Å². The fourth-order valence-electron chi connectivity index (χ4n) is 1.70. The molecule has 1 aromatic rings. The maximum absolute atomic E-state index is 11.9. The third-order valence-electron chi connectivity index (χ3n) is 2.84. The number of carbonyl (C=O) groups is 2. The fraction of sp³-hybridized carbons (Fsp3) is 0.500. The first-order valence-electron chi connectivity index (χ1n) is 7.04. The van der Waals surface area contributed by atoms with Crippen molar-refractivity contribution in [3.63, 3.8) is 0 Å². The highest BCUT2D eigenvalue weighted by atomic mass is 16.6. The second-order valence-corrected chi connectivity index (χ2v) is 5.94. The molecule has 0 saturated heterocycles. The van der Waals surface area contributed by atoms with Gasteiger partial charge in [-0.05, 0) is 26.3 Å². The highest BCUT2D eigenvalue weighted by Crippen LogP contribution is 2.14. The van der Waals surface area contributed by atoms with Gasteiger partial charge in [0.15, 0.2) is 0 Å². The molecule has 3 N–H and O–H groups in total. The minimum absolute atomic E-state index is 0.0554. The van der Waals surface area contributed by atoms with Crippen molar-refractivity contribution in [1.29, 1.82) is 0 Å². The van der Waals surface area contributed by atoms with E-state index >= 15 is 0 Å². The molecule has 0 aliphatic heterocycles. The molecule has 0 radical (unpaired) electrons. The van der Waals surface area contributed by atoms with E-state index in [1.807, 2.05) is 18.2 Å². The van der Waals surface area contributed by atoms with Crippen molar-refractivity contribution in [3.8, 4) is 0 Å². The number of aliphatic hydroxyl groups is 1. The summed E-state index contributed by atoms with van der Waals surface area (Å²) in [5, 5.41) is 9.31. The van der Waals surface area contributed by atoms with Crippen LogP contribution in [0.4, 0.5) is 0 Å². The highest BCUT2D eigenvalue weighted by Gasteiger charge is 2.34. The van der Waals surface area contributed by atoms with Crippen molar-refractivity contribution in [3.05, 3.63) is 35.9 Å². The van der Waals surface area contributed by atoms with Gasteiger partial charge in [-0.15, -0.1) is 0 Å². The SMILES string of the molecule is CC(C)(C)OC(=O)C(CO)C(N)C(=O)OCc1ccccc1. The quantitative estimate of drug-likeness (QED) is 0.761. The minimum Gasteiger partial charge on any atom is -0.460 e. The first kappa shape index (κ1) is 18.1. The van der Waals surface area contributed by atoms with E-state index in [1.165, 1.54) is 0 Å². The summed E-state index contributed by atoms with van der Waals surface area (Å²) in [6.07, 6.45) is 0. The Morgan fingerprint density at radius 3 is 2.27 bits per heavy atom. The van der Waals surface area contributed by atoms with Crippen LogP contribution in [-0.4, -0.2) is 35.3 Å². The Balaban J connectivity index is 2.60. The number of carbonyl (C=O) groups excluding carboxylic acids is 2. The van der Waals surface area contributed by atoms with E-state index in [9.17, 15) is 14.7 Å². The molecule has 0 aliphatic rings. The normalized spacial score (nSPS) is 14.0. The summed E-state index contributed by atoms with van der Waals surface area (Å²) < 4.78 is 10.2. The van der Waals surface area contributed by atoms with Gasteiger partial charge < -0.3 is 20.3 Å². The van der Waals surface area contributed by atoms with Gasteiger partial charge in [-0.1, -0.05) is 30.3 Å². The van der Waals surface area contributed by atoms with Crippen LogP contribution < -0.4 is 5.73 Å². The second kappa shape index (κ2) is 7.91. The molecular weight excluding hydrogens is 286 g/mol. The Labute approximate surface area is 130 Å². The summed E-state index contributed by atoms with van der Waals surface area (Å²) in [5.74, 6) is -2.63. The molecule has 1 rings (SSSR count). The number of hydrogen-bond donors (Lipinski definition) is 2. The van der Waals surface area contributed by atoms with Gasteiger partial charge in [-0.25, -0.2) is 0 Å². The molecule has 1 aromatic carbocycles. The number of rotatable bonds is 6. The van der Waals surface area contributed by atoms with Crippen molar-refractivity contribution in [2.24, 2.45) is 11.7 Å². The minimum atomic E-state index is -1.27. The predicted octanol–water partition coefficient (Wildman–Crippen LogP) is 1.01. The van der Waals surface area contributed by atoms with E-state index in [-0.39, 0.29) is 6.61 Å². The Morgan fingerprint density at radius 1 is 1.18 bits per heavy atom. The lowest BCUT2D eigenvalue weighted by molar-refractivity contribution is -0.167. The monoisotopic (exact) mass is 309 g/mol. The first-order chi connectivity index (χ1) is 10.2. The van der Waals surface area contributed by atoms with Crippen molar-refractivity contribution >= 4 is 11.9 Å². The number of hydrogen-bond acceptors (Lipinski definition) is 6. The highest BCUT2D eigenvalue weighted by molar-refractivity contribution is 5.84. The van der Waals surface area contributed by atoms with Crippen molar-refractivity contribution in [2.75, 3.05) is 6.61 Å². The molecule has 0 saturated carbocycles. The van der Waals surface area contributed by atoms with Gasteiger partial charge in [0.25, 0.3) is 0 Å². The molecule has 6 nitrogen and oxygen atoms in total. The van der Waals surface area contributed by atoms with Crippen LogP contribution in [0, 0.1) is 5.92 Å². The molecule has 0 heterocycles. The average molecular weight is 309 g/mol. The van der Waals surface area contributed by atoms with E-state index in [2.05, 4.69) is 0 Å². The van der Waals surface area contributed by atoms with Gasteiger partial charge in [0.05, 0.1) is 6.61 Å². The van der Waals surface area contributed by atoms with E-state index in [1.54, 1.807) is 32.9 Å². The summed E-state index contributed by atoms with van der Waals surface area (Å²) in [7, 11) is 0. The summed E-state index contributed by atoms with van der Waals surface area (Å²) in [6, 6.07) is 7.82. The second-order valence-electron chi connectivity index (χ2n) is 5.94. The van der Waals surface area contributed by atoms with Crippen LogP contribution in [0.15, 0.2) is 30.3 Å². The van der Waals surface area contributed by atoms with E-state index in [0.29, 0.717) is 0 Å². The molecule has 6 heteroatoms. The Bertz CT molecular complexity index is 495. The molecule has 122 valence electrons. The molecule has 0 aromatic heterocycles. The topological polar surface area (TPSA) is 98.9 Å². The molecule has 0 aliphatic carbocycles. The van der Waals surface area contributed by atoms with Crippen molar-refractivity contribution in [1.82, 2.24) is 0 Å². The molecule has 0 spiro atoms. The van der Waals surface area contributed by atoms with Gasteiger partial charge in [0.2, 0.25) is 0 Å². The van der Waals surface area contributed by atoms with E-state index in [0.717, 1.165) is 5.56 Å². The van der Waals surface area contributed by atoms with Gasteiger partial charge in [0, 0.05) is 0 Å². The zero-order chi connectivity index (χ0) is 16.8. The lowest BCUT2D eigenvalue weighted by Gasteiger charge is -2.25. The zero-order valence-corrected chi connectivity index (χ0v) is 13.1.